The Morgan fingerprint density at radius 1 is 1.48 bits per heavy atom. The van der Waals surface area contributed by atoms with E-state index in [0.29, 0.717) is 5.69 Å². The normalized spacial score (nSPS) is 13.7. The molecule has 3 N–H and O–H groups in total. The molecule has 21 heavy (non-hydrogen) atoms. The fourth-order valence-corrected chi connectivity index (χ4v) is 2.02. The van der Waals surface area contributed by atoms with Crippen molar-refractivity contribution >= 4 is 11.6 Å². The lowest BCUT2D eigenvalue weighted by Gasteiger charge is -2.18. The molecule has 2 atom stereocenters. The Bertz CT molecular complexity index is 622. The Balaban J connectivity index is 2.15. The molecule has 2 unspecified atom stereocenters. The van der Waals surface area contributed by atoms with Crippen molar-refractivity contribution in [3.05, 3.63) is 36.4 Å². The van der Waals surface area contributed by atoms with Gasteiger partial charge in [0.2, 0.25) is 5.91 Å². The van der Waals surface area contributed by atoms with Crippen LogP contribution in [0.1, 0.15) is 26.1 Å². The van der Waals surface area contributed by atoms with Gasteiger partial charge in [-0.1, -0.05) is 26.3 Å². The highest BCUT2D eigenvalue weighted by atomic mass is 16.2. The van der Waals surface area contributed by atoms with E-state index >= 15 is 0 Å². The number of carbonyl (C=O) groups is 1. The van der Waals surface area contributed by atoms with Gasteiger partial charge in [0.05, 0.1) is 11.7 Å². The van der Waals surface area contributed by atoms with E-state index < -0.39 is 6.04 Å². The van der Waals surface area contributed by atoms with Gasteiger partial charge in [0, 0.05) is 5.69 Å². The molecule has 112 valence electrons. The van der Waals surface area contributed by atoms with Crippen LogP contribution in [0.4, 0.5) is 5.69 Å². The first-order valence-electron chi connectivity index (χ1n) is 7.06. The predicted octanol–water partition coefficient (Wildman–Crippen LogP) is 1.89. The molecule has 0 saturated heterocycles. The second kappa shape index (κ2) is 6.49. The van der Waals surface area contributed by atoms with Crippen LogP contribution in [0.25, 0.3) is 5.69 Å². The molecule has 0 bridgehead atoms. The lowest BCUT2D eigenvalue weighted by Crippen LogP contribution is -2.40. The van der Waals surface area contributed by atoms with Crippen molar-refractivity contribution in [3.63, 3.8) is 0 Å². The third-order valence-corrected chi connectivity index (χ3v) is 3.67. The number of aromatic nitrogens is 3. The molecule has 0 radical (unpaired) electrons. The minimum atomic E-state index is -0.504. The van der Waals surface area contributed by atoms with Crippen molar-refractivity contribution in [2.24, 2.45) is 11.7 Å². The number of hydrogen-bond acceptors (Lipinski definition) is 4. The van der Waals surface area contributed by atoms with Gasteiger partial charge < -0.3 is 11.1 Å². The predicted molar refractivity (Wildman–Crippen MR) is 82.2 cm³/mol. The van der Waals surface area contributed by atoms with Crippen LogP contribution >= 0.6 is 0 Å². The molecule has 0 aliphatic heterocycles. The zero-order valence-electron chi connectivity index (χ0n) is 12.6. The molecule has 1 aromatic carbocycles. The zero-order valence-corrected chi connectivity index (χ0v) is 12.6. The first-order valence-corrected chi connectivity index (χ1v) is 7.06. The third-order valence-electron chi connectivity index (χ3n) is 3.67. The minimum absolute atomic E-state index is 0.147. The first kappa shape index (κ1) is 15.2. The molecule has 2 rings (SSSR count). The van der Waals surface area contributed by atoms with E-state index in [9.17, 15) is 4.79 Å². The molecule has 6 heteroatoms. The number of aryl methyl sites for hydroxylation is 1. The Hall–Kier alpha value is -2.21. The number of benzene rings is 1. The summed E-state index contributed by atoms with van der Waals surface area (Å²) in [5, 5.41) is 10.7. The van der Waals surface area contributed by atoms with Crippen molar-refractivity contribution in [1.29, 1.82) is 0 Å². The van der Waals surface area contributed by atoms with Gasteiger partial charge in [-0.15, -0.1) is 10.2 Å². The van der Waals surface area contributed by atoms with Crippen LogP contribution in [-0.2, 0) is 4.79 Å². The molecule has 1 heterocycles. The molecule has 0 aliphatic carbocycles. The summed E-state index contributed by atoms with van der Waals surface area (Å²) in [6, 6.07) is 7.01. The van der Waals surface area contributed by atoms with E-state index in [1.807, 2.05) is 49.6 Å². The van der Waals surface area contributed by atoms with E-state index in [1.54, 1.807) is 6.33 Å². The molecule has 0 saturated carbocycles. The Morgan fingerprint density at radius 3 is 2.86 bits per heavy atom. The topological polar surface area (TPSA) is 85.8 Å². The van der Waals surface area contributed by atoms with Crippen molar-refractivity contribution in [1.82, 2.24) is 14.8 Å². The second-order valence-corrected chi connectivity index (χ2v) is 5.20. The van der Waals surface area contributed by atoms with Gasteiger partial charge >= 0.3 is 0 Å². The molecular weight excluding hydrogens is 266 g/mol. The minimum Gasteiger partial charge on any atom is -0.325 e. The van der Waals surface area contributed by atoms with Gasteiger partial charge in [-0.2, -0.15) is 0 Å². The van der Waals surface area contributed by atoms with Gasteiger partial charge in [0.25, 0.3) is 0 Å². The number of carbonyl (C=O) groups excluding carboxylic acids is 1. The Kier molecular flexibility index (Phi) is 4.70. The summed E-state index contributed by atoms with van der Waals surface area (Å²) in [6.45, 7) is 5.87. The number of rotatable bonds is 5. The van der Waals surface area contributed by atoms with Crippen LogP contribution in [-0.4, -0.2) is 26.7 Å². The Morgan fingerprint density at radius 2 is 2.24 bits per heavy atom. The fraction of sp³-hybridized carbons (Fsp3) is 0.400. The lowest BCUT2D eigenvalue weighted by molar-refractivity contribution is -0.118. The Labute approximate surface area is 124 Å². The van der Waals surface area contributed by atoms with E-state index in [4.69, 9.17) is 5.73 Å². The van der Waals surface area contributed by atoms with Crippen LogP contribution in [0.2, 0.25) is 0 Å². The number of amides is 1. The maximum Gasteiger partial charge on any atom is 0.241 e. The highest BCUT2D eigenvalue weighted by molar-refractivity contribution is 5.95. The summed E-state index contributed by atoms with van der Waals surface area (Å²) in [5.74, 6) is 0.769. The van der Waals surface area contributed by atoms with Crippen molar-refractivity contribution in [3.8, 4) is 5.69 Å². The van der Waals surface area contributed by atoms with Crippen molar-refractivity contribution in [2.45, 2.75) is 33.2 Å². The number of hydrogen-bond donors (Lipinski definition) is 2. The molecule has 1 amide bonds. The van der Waals surface area contributed by atoms with Crippen LogP contribution in [0.3, 0.4) is 0 Å². The molecule has 0 spiro atoms. The van der Waals surface area contributed by atoms with E-state index in [2.05, 4.69) is 15.5 Å². The average molecular weight is 287 g/mol. The quantitative estimate of drug-likeness (QED) is 0.879. The average Bonchev–Trinajstić information content (AvgIpc) is 2.92. The summed E-state index contributed by atoms with van der Waals surface area (Å²) in [6.07, 6.45) is 2.51. The van der Waals surface area contributed by atoms with Crippen molar-refractivity contribution < 1.29 is 4.79 Å². The van der Waals surface area contributed by atoms with E-state index in [-0.39, 0.29) is 11.8 Å². The summed E-state index contributed by atoms with van der Waals surface area (Å²) in [5.41, 5.74) is 7.55. The standard InChI is InChI=1S/C15H21N5O/c1-4-10(2)14(16)15(21)18-12-6-5-7-13(8-12)20-9-17-19-11(20)3/h5-10,14H,4,16H2,1-3H3,(H,18,21). The number of anilines is 1. The number of nitrogens with zero attached hydrogens (tertiary/aromatic N) is 3. The molecule has 0 fully saturated rings. The molecule has 0 aliphatic rings. The van der Waals surface area contributed by atoms with Crippen LogP contribution < -0.4 is 11.1 Å². The molecule has 2 aromatic rings. The molecule has 6 nitrogen and oxygen atoms in total. The maximum atomic E-state index is 12.1. The van der Waals surface area contributed by atoms with Gasteiger partial charge in [0.1, 0.15) is 12.2 Å². The fourth-order valence-electron chi connectivity index (χ4n) is 2.02. The smallest absolute Gasteiger partial charge is 0.241 e. The molecular formula is C15H21N5O. The van der Waals surface area contributed by atoms with Gasteiger partial charge in [-0.25, -0.2) is 0 Å². The number of nitrogens with one attached hydrogen (secondary N) is 1. The molecule has 1 aromatic heterocycles. The van der Waals surface area contributed by atoms with Gasteiger partial charge in [-0.05, 0) is 31.0 Å². The SMILES string of the molecule is CCC(C)C(N)C(=O)Nc1cccc(-n2cnnc2C)c1. The van der Waals surface area contributed by atoms with Crippen LogP contribution in [0.15, 0.2) is 30.6 Å². The van der Waals surface area contributed by atoms with Crippen molar-refractivity contribution in [2.75, 3.05) is 5.32 Å². The summed E-state index contributed by atoms with van der Waals surface area (Å²) in [4.78, 5) is 12.1. The first-order chi connectivity index (χ1) is 10.0. The van der Waals surface area contributed by atoms with Crippen LogP contribution in [0, 0.1) is 12.8 Å². The van der Waals surface area contributed by atoms with Crippen LogP contribution in [0.5, 0.6) is 0 Å². The second-order valence-electron chi connectivity index (χ2n) is 5.20. The zero-order chi connectivity index (χ0) is 15.4. The van der Waals surface area contributed by atoms with Gasteiger partial charge in [-0.3, -0.25) is 9.36 Å². The monoisotopic (exact) mass is 287 g/mol. The van der Waals surface area contributed by atoms with E-state index in [1.165, 1.54) is 0 Å². The van der Waals surface area contributed by atoms with Gasteiger partial charge in [0.15, 0.2) is 0 Å². The lowest BCUT2D eigenvalue weighted by atomic mass is 9.99. The highest BCUT2D eigenvalue weighted by Gasteiger charge is 2.19. The van der Waals surface area contributed by atoms with E-state index in [0.717, 1.165) is 17.9 Å². The summed E-state index contributed by atoms with van der Waals surface area (Å²) in [7, 11) is 0. The maximum absolute atomic E-state index is 12.1. The summed E-state index contributed by atoms with van der Waals surface area (Å²) >= 11 is 0. The third kappa shape index (κ3) is 3.46. The number of nitrogens with two attached hydrogens (primary N) is 1. The largest absolute Gasteiger partial charge is 0.325 e. The highest BCUT2D eigenvalue weighted by Crippen LogP contribution is 2.16. The summed E-state index contributed by atoms with van der Waals surface area (Å²) < 4.78 is 1.85.